The summed E-state index contributed by atoms with van der Waals surface area (Å²) in [5, 5.41) is 13.2. The number of nitro groups is 1. The minimum Gasteiger partial charge on any atom is -0.352 e. The van der Waals surface area contributed by atoms with Crippen LogP contribution in [0.15, 0.2) is 18.2 Å². The molecule has 0 fully saturated rings. The number of rotatable bonds is 6. The third kappa shape index (κ3) is 4.51. The van der Waals surface area contributed by atoms with E-state index in [2.05, 4.69) is 33.0 Å². The molecule has 0 aromatic heterocycles. The molecule has 1 N–H and O–H groups in total. The van der Waals surface area contributed by atoms with Crippen molar-refractivity contribution in [3.63, 3.8) is 0 Å². The first-order chi connectivity index (χ1) is 9.73. The molecule has 0 radical (unpaired) electrons. The van der Waals surface area contributed by atoms with Crippen LogP contribution in [0.25, 0.3) is 0 Å². The topological polar surface area (TPSA) is 72.2 Å². The minimum atomic E-state index is -0.882. The van der Waals surface area contributed by atoms with Crippen molar-refractivity contribution in [1.29, 1.82) is 0 Å². The maximum absolute atomic E-state index is 13.7. The zero-order chi connectivity index (χ0) is 16.2. The Labute approximate surface area is 123 Å². The fourth-order valence-corrected chi connectivity index (χ4v) is 2.35. The number of nitro benzene ring substituents is 1. The number of nitrogens with zero attached hydrogens (tertiary/aromatic N) is 1. The van der Waals surface area contributed by atoms with Crippen molar-refractivity contribution >= 4 is 11.6 Å². The molecule has 0 aliphatic carbocycles. The molecule has 0 bridgehead atoms. The lowest BCUT2D eigenvalue weighted by Gasteiger charge is -2.25. The zero-order valence-electron chi connectivity index (χ0n) is 12.7. The molecule has 0 heterocycles. The van der Waals surface area contributed by atoms with Crippen LogP contribution >= 0.6 is 0 Å². The monoisotopic (exact) mass is 296 g/mol. The molecule has 6 heteroatoms. The quantitative estimate of drug-likeness (QED) is 0.646. The Bertz CT molecular complexity index is 522. The average Bonchev–Trinajstić information content (AvgIpc) is 2.37. The van der Waals surface area contributed by atoms with Gasteiger partial charge in [0.25, 0.3) is 11.6 Å². The number of hydrogen-bond donors (Lipinski definition) is 1. The minimum absolute atomic E-state index is 0.174. The molecule has 0 saturated heterocycles. The fourth-order valence-electron chi connectivity index (χ4n) is 2.35. The van der Waals surface area contributed by atoms with E-state index in [0.29, 0.717) is 18.4 Å². The van der Waals surface area contributed by atoms with Gasteiger partial charge >= 0.3 is 0 Å². The van der Waals surface area contributed by atoms with Crippen LogP contribution in [0.3, 0.4) is 0 Å². The zero-order valence-corrected chi connectivity index (χ0v) is 12.7. The van der Waals surface area contributed by atoms with Crippen LogP contribution in [-0.4, -0.2) is 17.4 Å². The molecule has 21 heavy (non-hydrogen) atoms. The third-order valence-corrected chi connectivity index (χ3v) is 3.62. The maximum atomic E-state index is 13.7. The maximum Gasteiger partial charge on any atom is 0.272 e. The van der Waals surface area contributed by atoms with Gasteiger partial charge in [-0.2, -0.15) is 0 Å². The summed E-state index contributed by atoms with van der Waals surface area (Å²) in [4.78, 5) is 21.8. The normalized spacial score (nSPS) is 11.2. The van der Waals surface area contributed by atoms with E-state index in [1.54, 1.807) is 0 Å². The molecule has 0 aliphatic heterocycles. The first-order valence-corrected chi connectivity index (χ1v) is 6.96. The van der Waals surface area contributed by atoms with Crippen LogP contribution in [0.4, 0.5) is 10.1 Å². The summed E-state index contributed by atoms with van der Waals surface area (Å²) in [6.45, 7) is 8.74. The van der Waals surface area contributed by atoms with E-state index in [-0.39, 0.29) is 17.2 Å². The Balaban J connectivity index is 2.78. The van der Waals surface area contributed by atoms with Crippen LogP contribution in [0.5, 0.6) is 0 Å². The molecule has 1 aromatic carbocycles. The van der Waals surface area contributed by atoms with Gasteiger partial charge in [0, 0.05) is 12.6 Å². The van der Waals surface area contributed by atoms with Gasteiger partial charge in [-0.15, -0.1) is 0 Å². The molecule has 1 amide bonds. The standard InChI is InChI=1S/C15H21FN2O3/c1-9(2)13(10(3)4)8-17-15(19)12-6-5-11(18(20)21)7-14(12)16/h5-7,9-10,13H,8H2,1-4H3,(H,17,19). The number of carbonyl (C=O) groups is 1. The van der Waals surface area contributed by atoms with E-state index in [1.807, 2.05) is 0 Å². The summed E-state index contributed by atoms with van der Waals surface area (Å²) < 4.78 is 13.7. The van der Waals surface area contributed by atoms with Crippen molar-refractivity contribution in [2.75, 3.05) is 6.54 Å². The van der Waals surface area contributed by atoms with Crippen LogP contribution < -0.4 is 5.32 Å². The number of amides is 1. The Hall–Kier alpha value is -1.98. The predicted octanol–water partition coefficient (Wildman–Crippen LogP) is 3.39. The molecule has 5 nitrogen and oxygen atoms in total. The lowest BCUT2D eigenvalue weighted by atomic mass is 9.85. The smallest absolute Gasteiger partial charge is 0.272 e. The molecule has 1 aromatic rings. The summed E-state index contributed by atoms with van der Waals surface area (Å²) >= 11 is 0. The highest BCUT2D eigenvalue weighted by Crippen LogP contribution is 2.20. The van der Waals surface area contributed by atoms with Gasteiger partial charge in [-0.05, 0) is 23.8 Å². The van der Waals surface area contributed by atoms with Gasteiger partial charge in [-0.25, -0.2) is 4.39 Å². The predicted molar refractivity (Wildman–Crippen MR) is 78.6 cm³/mol. The van der Waals surface area contributed by atoms with Crippen LogP contribution in [0, 0.1) is 33.7 Å². The number of halogens is 1. The summed E-state index contributed by atoms with van der Waals surface area (Å²) in [6.07, 6.45) is 0. The van der Waals surface area contributed by atoms with Crippen LogP contribution in [0.2, 0.25) is 0 Å². The first-order valence-electron chi connectivity index (χ1n) is 6.96. The van der Waals surface area contributed by atoms with Crippen LogP contribution in [0.1, 0.15) is 38.1 Å². The molecule has 0 atom stereocenters. The van der Waals surface area contributed by atoms with E-state index < -0.39 is 16.6 Å². The Morgan fingerprint density at radius 3 is 2.29 bits per heavy atom. The van der Waals surface area contributed by atoms with Gasteiger partial charge in [-0.1, -0.05) is 27.7 Å². The Morgan fingerprint density at radius 1 is 1.29 bits per heavy atom. The number of hydrogen-bond acceptors (Lipinski definition) is 3. The van der Waals surface area contributed by atoms with E-state index in [0.717, 1.165) is 18.2 Å². The van der Waals surface area contributed by atoms with Crippen molar-refractivity contribution in [3.05, 3.63) is 39.7 Å². The molecular weight excluding hydrogens is 275 g/mol. The van der Waals surface area contributed by atoms with Crippen molar-refractivity contribution in [3.8, 4) is 0 Å². The Kier molecular flexibility index (Phi) is 5.81. The number of benzene rings is 1. The van der Waals surface area contributed by atoms with E-state index in [4.69, 9.17) is 0 Å². The number of carbonyl (C=O) groups excluding carboxylic acids is 1. The van der Waals surface area contributed by atoms with Gasteiger partial charge in [-0.3, -0.25) is 14.9 Å². The van der Waals surface area contributed by atoms with Crippen molar-refractivity contribution in [2.45, 2.75) is 27.7 Å². The van der Waals surface area contributed by atoms with Crippen LogP contribution in [-0.2, 0) is 0 Å². The molecule has 0 saturated carbocycles. The fraction of sp³-hybridized carbons (Fsp3) is 0.533. The summed E-state index contributed by atoms with van der Waals surface area (Å²) in [7, 11) is 0. The Morgan fingerprint density at radius 2 is 1.86 bits per heavy atom. The van der Waals surface area contributed by atoms with Gasteiger partial charge in [0.15, 0.2) is 0 Å². The summed E-state index contributed by atoms with van der Waals surface area (Å²) in [6, 6.07) is 3.03. The van der Waals surface area contributed by atoms with E-state index in [9.17, 15) is 19.3 Å². The lowest BCUT2D eigenvalue weighted by Crippen LogP contribution is -2.34. The highest BCUT2D eigenvalue weighted by molar-refractivity contribution is 5.94. The second-order valence-corrected chi connectivity index (χ2v) is 5.78. The lowest BCUT2D eigenvalue weighted by molar-refractivity contribution is -0.385. The largest absolute Gasteiger partial charge is 0.352 e. The van der Waals surface area contributed by atoms with Crippen molar-refractivity contribution < 1.29 is 14.1 Å². The van der Waals surface area contributed by atoms with E-state index >= 15 is 0 Å². The summed E-state index contributed by atoms with van der Waals surface area (Å²) in [5.74, 6) is -0.352. The van der Waals surface area contributed by atoms with Gasteiger partial charge in [0.05, 0.1) is 16.6 Å². The van der Waals surface area contributed by atoms with Gasteiger partial charge in [0.2, 0.25) is 0 Å². The molecule has 0 spiro atoms. The molecule has 0 unspecified atom stereocenters. The second-order valence-electron chi connectivity index (χ2n) is 5.78. The van der Waals surface area contributed by atoms with Gasteiger partial charge < -0.3 is 5.32 Å². The van der Waals surface area contributed by atoms with Crippen molar-refractivity contribution in [2.24, 2.45) is 17.8 Å². The van der Waals surface area contributed by atoms with E-state index in [1.165, 1.54) is 0 Å². The molecule has 0 aliphatic rings. The first kappa shape index (κ1) is 17.1. The molecule has 1 rings (SSSR count). The third-order valence-electron chi connectivity index (χ3n) is 3.62. The molecule has 116 valence electrons. The average molecular weight is 296 g/mol. The van der Waals surface area contributed by atoms with Gasteiger partial charge in [0.1, 0.15) is 5.82 Å². The highest BCUT2D eigenvalue weighted by Gasteiger charge is 2.20. The molecular formula is C15H21FN2O3. The summed E-state index contributed by atoms with van der Waals surface area (Å²) in [5.41, 5.74) is -0.543. The number of non-ortho nitro benzene ring substituents is 1. The highest BCUT2D eigenvalue weighted by atomic mass is 19.1. The number of nitrogens with one attached hydrogen (secondary N) is 1. The van der Waals surface area contributed by atoms with Crippen molar-refractivity contribution in [1.82, 2.24) is 5.32 Å². The second kappa shape index (κ2) is 7.15. The SMILES string of the molecule is CC(C)C(CNC(=O)c1ccc([N+](=O)[O-])cc1F)C(C)C.